The van der Waals surface area contributed by atoms with Gasteiger partial charge in [-0.15, -0.1) is 0 Å². The normalized spacial score (nSPS) is 15.0. The van der Waals surface area contributed by atoms with Crippen LogP contribution in [0.5, 0.6) is 0 Å². The Labute approximate surface area is 166 Å². The highest BCUT2D eigenvalue weighted by molar-refractivity contribution is 5.91. The van der Waals surface area contributed by atoms with Crippen molar-refractivity contribution in [2.24, 2.45) is 11.8 Å². The Morgan fingerprint density at radius 1 is 0.963 bits per heavy atom. The predicted octanol–water partition coefficient (Wildman–Crippen LogP) is 5.54. The van der Waals surface area contributed by atoms with E-state index in [1.807, 2.05) is 32.0 Å². The monoisotopic (exact) mass is 373 g/mol. The molecule has 27 heavy (non-hydrogen) atoms. The van der Waals surface area contributed by atoms with Gasteiger partial charge in [0.05, 0.1) is 6.04 Å². The Bertz CT molecular complexity index is 565. The zero-order valence-electron chi connectivity index (χ0n) is 18.1. The molecule has 0 bridgehead atoms. The predicted molar refractivity (Wildman–Crippen MR) is 114 cm³/mol. The highest BCUT2D eigenvalue weighted by Gasteiger charge is 2.31. The summed E-state index contributed by atoms with van der Waals surface area (Å²) in [5.74, 6) is 0.299. The molecule has 0 aliphatic heterocycles. The van der Waals surface area contributed by atoms with E-state index >= 15 is 0 Å². The van der Waals surface area contributed by atoms with Gasteiger partial charge in [-0.25, -0.2) is 0 Å². The summed E-state index contributed by atoms with van der Waals surface area (Å²) >= 11 is 0. The minimum atomic E-state index is -0.263. The lowest BCUT2D eigenvalue weighted by Crippen LogP contribution is -2.45. The molecular weight excluding hydrogens is 334 g/mol. The number of unbranched alkanes of at least 4 members (excludes halogenated alkanes) is 2. The standard InChI is InChI=1S/C24H39NO2/c1-7-8-10-15-21(24(27)17(2)3)16-22(26)23(25-18(4)5)19(6)20-13-11-9-12-14-20/h9,11-14,17-19,21,23,25H,7-8,10,15-16H2,1-6H3. The van der Waals surface area contributed by atoms with E-state index in [1.165, 1.54) is 0 Å². The van der Waals surface area contributed by atoms with E-state index in [2.05, 4.69) is 45.1 Å². The number of Topliss-reactive ketones (excluding diaryl/α,β-unsaturated/α-hetero) is 2. The van der Waals surface area contributed by atoms with E-state index in [4.69, 9.17) is 0 Å². The lowest BCUT2D eigenvalue weighted by molar-refractivity contribution is -0.131. The van der Waals surface area contributed by atoms with Crippen molar-refractivity contribution in [3.63, 3.8) is 0 Å². The average molecular weight is 374 g/mol. The highest BCUT2D eigenvalue weighted by atomic mass is 16.1. The van der Waals surface area contributed by atoms with Gasteiger partial charge in [0.15, 0.2) is 5.78 Å². The van der Waals surface area contributed by atoms with Crippen LogP contribution in [0, 0.1) is 11.8 Å². The van der Waals surface area contributed by atoms with Crippen molar-refractivity contribution < 1.29 is 9.59 Å². The number of hydrogen-bond acceptors (Lipinski definition) is 3. The summed E-state index contributed by atoms with van der Waals surface area (Å²) in [6.45, 7) is 12.3. The average Bonchev–Trinajstić information content (AvgIpc) is 2.64. The Kier molecular flexibility index (Phi) is 10.5. The maximum Gasteiger partial charge on any atom is 0.151 e. The third-order valence-electron chi connectivity index (χ3n) is 5.26. The van der Waals surface area contributed by atoms with Crippen molar-refractivity contribution in [1.29, 1.82) is 0 Å². The van der Waals surface area contributed by atoms with Crippen LogP contribution in [0.3, 0.4) is 0 Å². The van der Waals surface area contributed by atoms with Gasteiger partial charge in [0, 0.05) is 30.2 Å². The van der Waals surface area contributed by atoms with Gasteiger partial charge in [-0.1, -0.05) is 91.1 Å². The number of rotatable bonds is 13. The second kappa shape index (κ2) is 12.1. The van der Waals surface area contributed by atoms with Crippen LogP contribution in [-0.4, -0.2) is 23.7 Å². The quantitative estimate of drug-likeness (QED) is 0.462. The molecule has 3 heteroatoms. The summed E-state index contributed by atoms with van der Waals surface area (Å²) in [5.41, 5.74) is 1.15. The Hall–Kier alpha value is -1.48. The van der Waals surface area contributed by atoms with Crippen LogP contribution in [0.15, 0.2) is 30.3 Å². The largest absolute Gasteiger partial charge is 0.305 e. The summed E-state index contributed by atoms with van der Waals surface area (Å²) in [4.78, 5) is 25.9. The van der Waals surface area contributed by atoms with Crippen molar-refractivity contribution in [1.82, 2.24) is 5.32 Å². The summed E-state index contributed by atoms with van der Waals surface area (Å²) < 4.78 is 0. The van der Waals surface area contributed by atoms with E-state index in [1.54, 1.807) is 0 Å². The molecule has 0 aliphatic carbocycles. The summed E-state index contributed by atoms with van der Waals surface area (Å²) in [5, 5.41) is 3.46. The number of carbonyl (C=O) groups excluding carboxylic acids is 2. The van der Waals surface area contributed by atoms with Crippen LogP contribution >= 0.6 is 0 Å². The maximum absolute atomic E-state index is 13.2. The second-order valence-corrected chi connectivity index (χ2v) is 8.42. The van der Waals surface area contributed by atoms with Gasteiger partial charge in [-0.2, -0.15) is 0 Å². The van der Waals surface area contributed by atoms with Crippen LogP contribution in [0.1, 0.15) is 85.1 Å². The number of nitrogens with one attached hydrogen (secondary N) is 1. The fraction of sp³-hybridized carbons (Fsp3) is 0.667. The molecule has 3 nitrogen and oxygen atoms in total. The molecule has 152 valence electrons. The van der Waals surface area contributed by atoms with Gasteiger partial charge >= 0.3 is 0 Å². The van der Waals surface area contributed by atoms with Crippen LogP contribution in [-0.2, 0) is 9.59 Å². The molecule has 0 aliphatic rings. The second-order valence-electron chi connectivity index (χ2n) is 8.42. The van der Waals surface area contributed by atoms with Gasteiger partial charge in [0.25, 0.3) is 0 Å². The zero-order chi connectivity index (χ0) is 20.4. The molecule has 0 radical (unpaired) electrons. The first-order valence-electron chi connectivity index (χ1n) is 10.6. The smallest absolute Gasteiger partial charge is 0.151 e. The van der Waals surface area contributed by atoms with Crippen LogP contribution in [0.25, 0.3) is 0 Å². The van der Waals surface area contributed by atoms with E-state index in [9.17, 15) is 9.59 Å². The lowest BCUT2D eigenvalue weighted by Gasteiger charge is -2.28. The van der Waals surface area contributed by atoms with Gasteiger partial charge in [-0.3, -0.25) is 9.59 Å². The van der Waals surface area contributed by atoms with Crippen LogP contribution in [0.4, 0.5) is 0 Å². The molecule has 0 saturated carbocycles. The van der Waals surface area contributed by atoms with Gasteiger partial charge < -0.3 is 5.32 Å². The number of ketones is 2. The number of hydrogen-bond donors (Lipinski definition) is 1. The molecular formula is C24H39NO2. The van der Waals surface area contributed by atoms with Gasteiger partial charge in [0.2, 0.25) is 0 Å². The fourth-order valence-electron chi connectivity index (χ4n) is 3.65. The maximum atomic E-state index is 13.2. The van der Waals surface area contributed by atoms with E-state index in [-0.39, 0.29) is 41.4 Å². The lowest BCUT2D eigenvalue weighted by atomic mass is 9.82. The first-order chi connectivity index (χ1) is 12.8. The molecule has 0 fully saturated rings. The molecule has 0 spiro atoms. The summed E-state index contributed by atoms with van der Waals surface area (Å²) in [6.07, 6.45) is 4.43. The van der Waals surface area contributed by atoms with Crippen molar-refractivity contribution in [3.8, 4) is 0 Å². The summed E-state index contributed by atoms with van der Waals surface area (Å²) in [7, 11) is 0. The Morgan fingerprint density at radius 2 is 1.59 bits per heavy atom. The first-order valence-corrected chi connectivity index (χ1v) is 10.6. The Morgan fingerprint density at radius 3 is 2.11 bits per heavy atom. The fourth-order valence-corrected chi connectivity index (χ4v) is 3.65. The molecule has 3 atom stereocenters. The first kappa shape index (κ1) is 23.6. The van der Waals surface area contributed by atoms with E-state index in [0.717, 1.165) is 31.2 Å². The van der Waals surface area contributed by atoms with Crippen molar-refractivity contribution in [2.75, 3.05) is 0 Å². The van der Waals surface area contributed by atoms with E-state index in [0.29, 0.717) is 6.42 Å². The van der Waals surface area contributed by atoms with Crippen molar-refractivity contribution in [3.05, 3.63) is 35.9 Å². The molecule has 0 heterocycles. The molecule has 3 unspecified atom stereocenters. The highest BCUT2D eigenvalue weighted by Crippen LogP contribution is 2.25. The topological polar surface area (TPSA) is 46.2 Å². The molecule has 0 amide bonds. The number of carbonyl (C=O) groups is 2. The van der Waals surface area contributed by atoms with Crippen molar-refractivity contribution in [2.45, 2.75) is 91.6 Å². The minimum Gasteiger partial charge on any atom is -0.305 e. The minimum absolute atomic E-state index is 0.0209. The van der Waals surface area contributed by atoms with E-state index < -0.39 is 0 Å². The molecule has 1 rings (SSSR count). The van der Waals surface area contributed by atoms with Gasteiger partial charge in [0.1, 0.15) is 5.78 Å². The molecule has 1 aromatic carbocycles. The molecule has 0 aromatic heterocycles. The molecule has 1 aromatic rings. The van der Waals surface area contributed by atoms with Gasteiger partial charge in [-0.05, 0) is 12.0 Å². The Balaban J connectivity index is 2.95. The molecule has 0 saturated heterocycles. The third kappa shape index (κ3) is 7.96. The van der Waals surface area contributed by atoms with Crippen molar-refractivity contribution >= 4 is 11.6 Å². The van der Waals surface area contributed by atoms with Crippen LogP contribution in [0.2, 0.25) is 0 Å². The zero-order valence-corrected chi connectivity index (χ0v) is 18.1. The van der Waals surface area contributed by atoms with Crippen LogP contribution < -0.4 is 5.32 Å². The number of benzene rings is 1. The molecule has 1 N–H and O–H groups in total. The third-order valence-corrected chi connectivity index (χ3v) is 5.26. The summed E-state index contributed by atoms with van der Waals surface area (Å²) in [6, 6.07) is 10.1. The SMILES string of the molecule is CCCCCC(CC(=O)C(NC(C)C)C(C)c1ccccc1)C(=O)C(C)C.